The van der Waals surface area contributed by atoms with Gasteiger partial charge in [0.2, 0.25) is 0 Å². The Balaban J connectivity index is 4.09. The Morgan fingerprint density at radius 3 is 2.10 bits per heavy atom. The molecular formula is C10H18. The van der Waals surface area contributed by atoms with Crippen LogP contribution < -0.4 is 0 Å². The van der Waals surface area contributed by atoms with Crippen LogP contribution in [0.2, 0.25) is 0 Å². The third-order valence-corrected chi connectivity index (χ3v) is 1.35. The van der Waals surface area contributed by atoms with Crippen LogP contribution in [0.5, 0.6) is 0 Å². The summed E-state index contributed by atoms with van der Waals surface area (Å²) in [5.41, 5.74) is 2.85. The quantitative estimate of drug-likeness (QED) is 0.522. The van der Waals surface area contributed by atoms with E-state index in [2.05, 4.69) is 39.8 Å². The maximum Gasteiger partial charge on any atom is -0.0311 e. The summed E-state index contributed by atoms with van der Waals surface area (Å²) in [7, 11) is 0. The molecule has 0 fully saturated rings. The lowest BCUT2D eigenvalue weighted by Crippen LogP contribution is -1.75. The van der Waals surface area contributed by atoms with Crippen LogP contribution in [0.25, 0.3) is 0 Å². The Morgan fingerprint density at radius 1 is 1.20 bits per heavy atom. The summed E-state index contributed by atoms with van der Waals surface area (Å²) in [6.45, 7) is 8.65. The molecule has 0 rings (SSSR count). The fraction of sp³-hybridized carbons (Fsp3) is 0.600. The van der Waals surface area contributed by atoms with Crippen molar-refractivity contribution in [2.75, 3.05) is 0 Å². The van der Waals surface area contributed by atoms with Crippen molar-refractivity contribution in [1.29, 1.82) is 0 Å². The first-order chi connectivity index (χ1) is 4.70. The summed E-state index contributed by atoms with van der Waals surface area (Å²) in [5.74, 6) is 0. The van der Waals surface area contributed by atoms with Gasteiger partial charge in [0, 0.05) is 0 Å². The molecule has 0 aliphatic carbocycles. The van der Waals surface area contributed by atoms with Gasteiger partial charge in [-0.05, 0) is 26.7 Å². The van der Waals surface area contributed by atoms with Gasteiger partial charge < -0.3 is 0 Å². The molecule has 0 aromatic rings. The molecule has 10 heavy (non-hydrogen) atoms. The molecule has 0 radical (unpaired) electrons. The minimum atomic E-state index is 1.15. The van der Waals surface area contributed by atoms with Gasteiger partial charge in [-0.25, -0.2) is 0 Å². The standard InChI is InChI=1S/C10H18/c1-5-7-10(6-2)8-9(3)4/h7-8H,5-6H2,1-4H3. The molecule has 0 aromatic heterocycles. The van der Waals surface area contributed by atoms with Gasteiger partial charge in [0.15, 0.2) is 0 Å². The van der Waals surface area contributed by atoms with Crippen molar-refractivity contribution in [3.63, 3.8) is 0 Å². The molecule has 0 nitrogen and oxygen atoms in total. The third kappa shape index (κ3) is 4.37. The Morgan fingerprint density at radius 2 is 1.80 bits per heavy atom. The lowest BCUT2D eigenvalue weighted by molar-refractivity contribution is 1.09. The lowest BCUT2D eigenvalue weighted by atomic mass is 10.1. The minimum absolute atomic E-state index is 1.15. The predicted octanol–water partition coefficient (Wildman–Crippen LogP) is 3.70. The zero-order valence-corrected chi connectivity index (χ0v) is 7.57. The van der Waals surface area contributed by atoms with E-state index in [1.165, 1.54) is 11.1 Å². The normalized spacial score (nSPS) is 11.4. The van der Waals surface area contributed by atoms with Crippen molar-refractivity contribution < 1.29 is 0 Å². The van der Waals surface area contributed by atoms with Crippen molar-refractivity contribution in [2.45, 2.75) is 40.5 Å². The van der Waals surface area contributed by atoms with Crippen LogP contribution in [0.3, 0.4) is 0 Å². The fourth-order valence-corrected chi connectivity index (χ4v) is 0.938. The van der Waals surface area contributed by atoms with E-state index in [9.17, 15) is 0 Å². The van der Waals surface area contributed by atoms with E-state index in [4.69, 9.17) is 0 Å². The van der Waals surface area contributed by atoms with Gasteiger partial charge in [0.05, 0.1) is 0 Å². The second-order valence-corrected chi connectivity index (χ2v) is 2.76. The zero-order chi connectivity index (χ0) is 7.98. The van der Waals surface area contributed by atoms with Crippen LogP contribution in [0.4, 0.5) is 0 Å². The average molecular weight is 138 g/mol. The summed E-state index contributed by atoms with van der Waals surface area (Å²) < 4.78 is 0. The maximum atomic E-state index is 2.28. The molecule has 0 aromatic carbocycles. The molecule has 0 heteroatoms. The second kappa shape index (κ2) is 5.28. The first kappa shape index (κ1) is 9.48. The second-order valence-electron chi connectivity index (χ2n) is 2.76. The van der Waals surface area contributed by atoms with Crippen LogP contribution in [0, 0.1) is 0 Å². The lowest BCUT2D eigenvalue weighted by Gasteiger charge is -1.96. The van der Waals surface area contributed by atoms with Gasteiger partial charge in [0.25, 0.3) is 0 Å². The van der Waals surface area contributed by atoms with E-state index in [0.29, 0.717) is 0 Å². The third-order valence-electron chi connectivity index (χ3n) is 1.35. The predicted molar refractivity (Wildman–Crippen MR) is 48.1 cm³/mol. The van der Waals surface area contributed by atoms with Crippen LogP contribution in [0.1, 0.15) is 40.5 Å². The first-order valence-corrected chi connectivity index (χ1v) is 4.04. The van der Waals surface area contributed by atoms with E-state index >= 15 is 0 Å². The Bertz CT molecular complexity index is 134. The van der Waals surface area contributed by atoms with E-state index in [1.807, 2.05) is 0 Å². The largest absolute Gasteiger partial charge is 0.0816 e. The molecular weight excluding hydrogens is 120 g/mol. The molecule has 0 bridgehead atoms. The molecule has 0 heterocycles. The van der Waals surface area contributed by atoms with Crippen LogP contribution in [0.15, 0.2) is 23.3 Å². The summed E-state index contributed by atoms with van der Waals surface area (Å²) in [4.78, 5) is 0. The van der Waals surface area contributed by atoms with Gasteiger partial charge in [-0.15, -0.1) is 0 Å². The van der Waals surface area contributed by atoms with Crippen molar-refractivity contribution in [1.82, 2.24) is 0 Å². The average Bonchev–Trinajstić information content (AvgIpc) is 1.86. The molecule has 0 aliphatic rings. The van der Waals surface area contributed by atoms with E-state index in [1.54, 1.807) is 0 Å². The Hall–Kier alpha value is -0.520. The van der Waals surface area contributed by atoms with E-state index in [-0.39, 0.29) is 0 Å². The maximum absolute atomic E-state index is 2.28. The smallest absolute Gasteiger partial charge is 0.0311 e. The van der Waals surface area contributed by atoms with Crippen molar-refractivity contribution >= 4 is 0 Å². The Labute approximate surface area is 64.6 Å². The zero-order valence-electron chi connectivity index (χ0n) is 7.57. The SMILES string of the molecule is CCC=C(C=C(C)C)CC. The van der Waals surface area contributed by atoms with Crippen LogP contribution in [-0.4, -0.2) is 0 Å². The molecule has 58 valence electrons. The molecule has 0 unspecified atom stereocenters. The Kier molecular flexibility index (Phi) is 5.00. The summed E-state index contributed by atoms with van der Waals surface area (Å²) in [6.07, 6.45) is 6.84. The van der Waals surface area contributed by atoms with Gasteiger partial charge in [-0.3, -0.25) is 0 Å². The monoisotopic (exact) mass is 138 g/mol. The summed E-state index contributed by atoms with van der Waals surface area (Å²) in [5, 5.41) is 0. The molecule has 0 saturated heterocycles. The van der Waals surface area contributed by atoms with Gasteiger partial charge in [0.1, 0.15) is 0 Å². The van der Waals surface area contributed by atoms with Crippen molar-refractivity contribution in [3.05, 3.63) is 23.3 Å². The highest BCUT2D eigenvalue weighted by atomic mass is 13.9. The summed E-state index contributed by atoms with van der Waals surface area (Å²) >= 11 is 0. The van der Waals surface area contributed by atoms with Crippen LogP contribution in [-0.2, 0) is 0 Å². The number of allylic oxidation sites excluding steroid dienone is 4. The molecule has 0 atom stereocenters. The summed E-state index contributed by atoms with van der Waals surface area (Å²) in [6, 6.07) is 0. The number of hydrogen-bond acceptors (Lipinski definition) is 0. The molecule has 0 saturated carbocycles. The van der Waals surface area contributed by atoms with Crippen molar-refractivity contribution in [3.8, 4) is 0 Å². The minimum Gasteiger partial charge on any atom is -0.0816 e. The molecule has 0 N–H and O–H groups in total. The van der Waals surface area contributed by atoms with E-state index < -0.39 is 0 Å². The highest BCUT2D eigenvalue weighted by Crippen LogP contribution is 2.06. The number of rotatable bonds is 3. The topological polar surface area (TPSA) is 0 Å². The highest BCUT2D eigenvalue weighted by molar-refractivity contribution is 5.21. The number of hydrogen-bond donors (Lipinski definition) is 0. The van der Waals surface area contributed by atoms with Gasteiger partial charge in [-0.2, -0.15) is 0 Å². The fourth-order valence-electron chi connectivity index (χ4n) is 0.938. The molecule has 0 amide bonds. The van der Waals surface area contributed by atoms with Gasteiger partial charge >= 0.3 is 0 Å². The first-order valence-electron chi connectivity index (χ1n) is 4.04. The van der Waals surface area contributed by atoms with E-state index in [0.717, 1.165) is 12.8 Å². The van der Waals surface area contributed by atoms with Crippen LogP contribution >= 0.6 is 0 Å². The van der Waals surface area contributed by atoms with Crippen molar-refractivity contribution in [2.24, 2.45) is 0 Å². The molecule has 0 aliphatic heterocycles. The molecule has 0 spiro atoms. The van der Waals surface area contributed by atoms with Gasteiger partial charge in [-0.1, -0.05) is 37.1 Å². The highest BCUT2D eigenvalue weighted by Gasteiger charge is 1.86.